The molecule has 8 heteroatoms. The molecule has 4 rings (SSSR count). The van der Waals surface area contributed by atoms with Crippen LogP contribution >= 0.6 is 11.6 Å². The quantitative estimate of drug-likeness (QED) is 0.515. The van der Waals surface area contributed by atoms with E-state index in [1.807, 2.05) is 19.1 Å². The van der Waals surface area contributed by atoms with Crippen molar-refractivity contribution >= 4 is 28.8 Å². The lowest BCUT2D eigenvalue weighted by Gasteiger charge is -2.09. The summed E-state index contributed by atoms with van der Waals surface area (Å²) >= 11 is 6.01. The molecule has 2 aromatic carbocycles. The molecular formula is C22H19ClN4O3. The van der Waals surface area contributed by atoms with Crippen molar-refractivity contribution in [1.29, 1.82) is 0 Å². The molecule has 4 aromatic rings. The van der Waals surface area contributed by atoms with Gasteiger partial charge in [0, 0.05) is 22.5 Å². The fourth-order valence-corrected chi connectivity index (χ4v) is 3.56. The number of hydrogen-bond acceptors (Lipinski definition) is 4. The van der Waals surface area contributed by atoms with Gasteiger partial charge in [-0.15, -0.1) is 0 Å². The third kappa shape index (κ3) is 3.55. The van der Waals surface area contributed by atoms with Crippen LogP contribution in [-0.4, -0.2) is 27.6 Å². The van der Waals surface area contributed by atoms with E-state index < -0.39 is 5.91 Å². The van der Waals surface area contributed by atoms with Crippen LogP contribution in [0.3, 0.4) is 0 Å². The molecular weight excluding hydrogens is 404 g/mol. The predicted octanol–water partition coefficient (Wildman–Crippen LogP) is 4.22. The van der Waals surface area contributed by atoms with Gasteiger partial charge in [-0.2, -0.15) is 5.10 Å². The summed E-state index contributed by atoms with van der Waals surface area (Å²) in [7, 11) is 1.58. The number of nitrogens with zero attached hydrogens (tertiary/aromatic N) is 2. The van der Waals surface area contributed by atoms with Gasteiger partial charge in [0.05, 0.1) is 12.7 Å². The highest BCUT2D eigenvalue weighted by Crippen LogP contribution is 2.30. The Labute approximate surface area is 177 Å². The van der Waals surface area contributed by atoms with Crippen molar-refractivity contribution in [1.82, 2.24) is 14.6 Å². The molecule has 30 heavy (non-hydrogen) atoms. The first kappa shape index (κ1) is 19.7. The molecule has 0 aliphatic rings. The van der Waals surface area contributed by atoms with Gasteiger partial charge in [0.25, 0.3) is 11.5 Å². The number of anilines is 1. The van der Waals surface area contributed by atoms with E-state index in [4.69, 9.17) is 16.3 Å². The van der Waals surface area contributed by atoms with E-state index in [1.54, 1.807) is 48.9 Å². The van der Waals surface area contributed by atoms with Crippen LogP contribution in [0.25, 0.3) is 16.8 Å². The number of carbonyl (C=O) groups is 1. The Bertz CT molecular complexity index is 1320. The van der Waals surface area contributed by atoms with E-state index >= 15 is 0 Å². The normalized spacial score (nSPS) is 10.9. The number of rotatable bonds is 4. The van der Waals surface area contributed by atoms with Crippen LogP contribution in [-0.2, 0) is 0 Å². The minimum Gasteiger partial charge on any atom is -0.497 e. The van der Waals surface area contributed by atoms with Crippen LogP contribution in [0.4, 0.5) is 5.69 Å². The number of ether oxygens (including phenoxy) is 1. The molecule has 0 bridgehead atoms. The van der Waals surface area contributed by atoms with Crippen molar-refractivity contribution in [2.45, 2.75) is 13.8 Å². The number of hydrogen-bond donors (Lipinski definition) is 2. The molecule has 0 saturated carbocycles. The smallest absolute Gasteiger partial charge is 0.276 e. The Kier molecular flexibility index (Phi) is 5.05. The number of aromatic nitrogens is 3. The van der Waals surface area contributed by atoms with Gasteiger partial charge in [-0.3, -0.25) is 9.59 Å². The number of methoxy groups -OCH3 is 1. The van der Waals surface area contributed by atoms with Gasteiger partial charge in [-0.25, -0.2) is 4.52 Å². The second-order valence-electron chi connectivity index (χ2n) is 6.90. The second-order valence-corrected chi connectivity index (χ2v) is 7.34. The molecule has 0 unspecified atom stereocenters. The third-order valence-corrected chi connectivity index (χ3v) is 5.07. The molecule has 2 heterocycles. The van der Waals surface area contributed by atoms with Crippen molar-refractivity contribution in [2.24, 2.45) is 0 Å². The van der Waals surface area contributed by atoms with Crippen molar-refractivity contribution in [3.63, 3.8) is 0 Å². The molecule has 1 amide bonds. The molecule has 2 N–H and O–H groups in total. The van der Waals surface area contributed by atoms with Gasteiger partial charge in [0.2, 0.25) is 0 Å². The highest BCUT2D eigenvalue weighted by Gasteiger charge is 2.23. The number of fused-ring (bicyclic) bond motifs is 1. The maximum atomic E-state index is 13.2. The maximum absolute atomic E-state index is 13.2. The summed E-state index contributed by atoms with van der Waals surface area (Å²) in [5.74, 6) is 0.290. The predicted molar refractivity (Wildman–Crippen MR) is 117 cm³/mol. The molecule has 0 aliphatic carbocycles. The Balaban J connectivity index is 1.88. The van der Waals surface area contributed by atoms with Crippen LogP contribution in [0.15, 0.2) is 53.3 Å². The fraction of sp³-hybridized carbons (Fsp3) is 0.136. The van der Waals surface area contributed by atoms with Crippen LogP contribution in [0, 0.1) is 13.8 Å². The molecule has 0 atom stereocenters. The van der Waals surface area contributed by atoms with Gasteiger partial charge in [-0.1, -0.05) is 23.7 Å². The van der Waals surface area contributed by atoms with Crippen LogP contribution in [0.2, 0.25) is 5.02 Å². The molecule has 0 fully saturated rings. The van der Waals surface area contributed by atoms with E-state index in [1.165, 1.54) is 6.07 Å². The monoisotopic (exact) mass is 422 g/mol. The summed E-state index contributed by atoms with van der Waals surface area (Å²) in [5.41, 5.74) is 3.71. The van der Waals surface area contributed by atoms with Gasteiger partial charge in [0.15, 0.2) is 5.69 Å². The number of benzene rings is 2. The van der Waals surface area contributed by atoms with Crippen molar-refractivity contribution < 1.29 is 9.53 Å². The lowest BCUT2D eigenvalue weighted by molar-refractivity contribution is 0.102. The largest absolute Gasteiger partial charge is 0.497 e. The Morgan fingerprint density at radius 1 is 1.13 bits per heavy atom. The number of aryl methyl sites for hydroxylation is 2. The number of amides is 1. The van der Waals surface area contributed by atoms with E-state index in [-0.39, 0.29) is 11.3 Å². The summed E-state index contributed by atoms with van der Waals surface area (Å²) in [5, 5.41) is 7.97. The number of H-pyrrole nitrogens is 1. The van der Waals surface area contributed by atoms with Crippen molar-refractivity contribution in [3.05, 3.63) is 80.9 Å². The molecule has 2 aromatic heterocycles. The van der Waals surface area contributed by atoms with E-state index in [0.29, 0.717) is 33.4 Å². The lowest BCUT2D eigenvalue weighted by atomic mass is 10.0. The lowest BCUT2D eigenvalue weighted by Crippen LogP contribution is -2.14. The fourth-order valence-electron chi connectivity index (χ4n) is 3.33. The van der Waals surface area contributed by atoms with E-state index in [0.717, 1.165) is 11.1 Å². The summed E-state index contributed by atoms with van der Waals surface area (Å²) in [4.78, 5) is 28.1. The first-order valence-electron chi connectivity index (χ1n) is 9.22. The first-order valence-corrected chi connectivity index (χ1v) is 9.60. The highest BCUT2D eigenvalue weighted by molar-refractivity contribution is 6.30. The number of carbonyl (C=O) groups excluding carboxylic acids is 1. The standard InChI is InChI=1S/C22H19ClN4O3/c1-12-10-15(23)6-9-17(12)24-22(29)20-19(14-4-7-16(30-3)8-5-14)21-25-18(28)11-13(2)27(21)26-20/h4-11H,1-3H3,(H,24,29)(H,25,28). The summed E-state index contributed by atoms with van der Waals surface area (Å²) in [6, 6.07) is 13.9. The highest BCUT2D eigenvalue weighted by atomic mass is 35.5. The minimum absolute atomic E-state index is 0.194. The summed E-state index contributed by atoms with van der Waals surface area (Å²) in [6.45, 7) is 3.62. The molecule has 0 radical (unpaired) electrons. The maximum Gasteiger partial charge on any atom is 0.276 e. The SMILES string of the molecule is COc1ccc(-c2c(C(=O)Nc3ccc(Cl)cc3C)nn3c(C)cc(=O)[nH]c23)cc1. The van der Waals surface area contributed by atoms with E-state index in [9.17, 15) is 9.59 Å². The van der Waals surface area contributed by atoms with Gasteiger partial charge in [-0.05, 0) is 55.3 Å². The molecule has 0 aliphatic heterocycles. The molecule has 152 valence electrons. The minimum atomic E-state index is -0.393. The van der Waals surface area contributed by atoms with Crippen molar-refractivity contribution in [2.75, 3.05) is 12.4 Å². The zero-order valence-electron chi connectivity index (χ0n) is 16.6. The molecule has 0 saturated heterocycles. The van der Waals surface area contributed by atoms with Crippen LogP contribution < -0.4 is 15.6 Å². The topological polar surface area (TPSA) is 88.5 Å². The third-order valence-electron chi connectivity index (χ3n) is 4.83. The van der Waals surface area contributed by atoms with E-state index in [2.05, 4.69) is 15.4 Å². The Hall–Kier alpha value is -3.58. The zero-order valence-corrected chi connectivity index (χ0v) is 17.4. The summed E-state index contributed by atoms with van der Waals surface area (Å²) < 4.78 is 6.78. The first-order chi connectivity index (χ1) is 14.4. The Morgan fingerprint density at radius 3 is 2.53 bits per heavy atom. The molecule has 7 nitrogen and oxygen atoms in total. The van der Waals surface area contributed by atoms with Crippen LogP contribution in [0.1, 0.15) is 21.7 Å². The zero-order chi connectivity index (χ0) is 21.4. The van der Waals surface area contributed by atoms with Gasteiger partial charge >= 0.3 is 0 Å². The Morgan fingerprint density at radius 2 is 1.87 bits per heavy atom. The summed E-state index contributed by atoms with van der Waals surface area (Å²) in [6.07, 6.45) is 0. The number of nitrogens with one attached hydrogen (secondary N) is 2. The average Bonchev–Trinajstić information content (AvgIpc) is 3.10. The van der Waals surface area contributed by atoms with Gasteiger partial charge < -0.3 is 15.0 Å². The van der Waals surface area contributed by atoms with Gasteiger partial charge in [0.1, 0.15) is 11.4 Å². The van der Waals surface area contributed by atoms with Crippen molar-refractivity contribution in [3.8, 4) is 16.9 Å². The molecule has 0 spiro atoms. The second kappa shape index (κ2) is 7.68. The average molecular weight is 423 g/mol. The van der Waals surface area contributed by atoms with Crippen LogP contribution in [0.5, 0.6) is 5.75 Å². The number of aromatic amines is 1. The number of halogens is 1.